The van der Waals surface area contributed by atoms with E-state index in [1.165, 1.54) is 11.8 Å². The van der Waals surface area contributed by atoms with Crippen LogP contribution in [0.1, 0.15) is 56.7 Å². The van der Waals surface area contributed by atoms with Crippen molar-refractivity contribution >= 4 is 46.1 Å². The van der Waals surface area contributed by atoms with Gasteiger partial charge in [0.1, 0.15) is 21.8 Å². The number of ether oxygens (including phenoxy) is 2. The highest BCUT2D eigenvalue weighted by Crippen LogP contribution is 2.36. The van der Waals surface area contributed by atoms with Gasteiger partial charge in [0, 0.05) is 45.5 Å². The van der Waals surface area contributed by atoms with Crippen LogP contribution in [0.25, 0.3) is 6.08 Å². The van der Waals surface area contributed by atoms with Crippen molar-refractivity contribution in [3.8, 4) is 6.07 Å². The van der Waals surface area contributed by atoms with E-state index in [4.69, 9.17) is 21.7 Å². The second-order valence-electron chi connectivity index (χ2n) is 9.00. The topological polar surface area (TPSA) is 87.8 Å². The maximum atomic E-state index is 13.4. The minimum Gasteiger partial charge on any atom is -0.385 e. The summed E-state index contributed by atoms with van der Waals surface area (Å²) in [5.41, 5.74) is 1.12. The molecule has 2 aliphatic rings. The van der Waals surface area contributed by atoms with Crippen molar-refractivity contribution < 1.29 is 14.3 Å². The molecule has 0 saturated carbocycles. The smallest absolute Gasteiger partial charge is 0.270 e. The van der Waals surface area contributed by atoms with Gasteiger partial charge < -0.3 is 14.4 Å². The Bertz CT molecular complexity index is 1100. The molecule has 2 atom stereocenters. The Morgan fingerprint density at radius 1 is 1.23 bits per heavy atom. The number of methoxy groups -OCH3 is 1. The Labute approximate surface area is 216 Å². The molecule has 1 aromatic rings. The van der Waals surface area contributed by atoms with Crippen LogP contribution in [0.2, 0.25) is 0 Å². The Balaban J connectivity index is 2.17. The Hall–Kier alpha value is -2.19. The second kappa shape index (κ2) is 12.2. The number of aromatic nitrogens is 1. The Morgan fingerprint density at radius 3 is 2.51 bits per heavy atom. The molecule has 1 aromatic heterocycles. The van der Waals surface area contributed by atoms with Crippen molar-refractivity contribution in [3.63, 3.8) is 0 Å². The molecule has 190 valence electrons. The zero-order valence-corrected chi connectivity index (χ0v) is 22.8. The number of unbranched alkanes of at least 4 members (excludes halogenated alkanes) is 1. The van der Waals surface area contributed by atoms with E-state index in [0.717, 1.165) is 24.2 Å². The first kappa shape index (κ1) is 27.4. The fourth-order valence-corrected chi connectivity index (χ4v) is 5.84. The van der Waals surface area contributed by atoms with Crippen LogP contribution in [0.3, 0.4) is 0 Å². The molecule has 0 radical (unpaired) electrons. The molecular weight excluding hydrogens is 484 g/mol. The fraction of sp³-hybridized carbons (Fsp3) is 0.600. The molecule has 2 fully saturated rings. The largest absolute Gasteiger partial charge is 0.385 e. The normalized spacial score (nSPS) is 21.8. The van der Waals surface area contributed by atoms with Gasteiger partial charge in [-0.1, -0.05) is 37.3 Å². The van der Waals surface area contributed by atoms with Crippen molar-refractivity contribution in [2.24, 2.45) is 0 Å². The van der Waals surface area contributed by atoms with E-state index in [-0.39, 0.29) is 29.2 Å². The lowest BCUT2D eigenvalue weighted by molar-refractivity contribution is -0.122. The number of thioether (sulfide) groups is 1. The standard InChI is InChI=1S/C25H34N4O4S2/c1-6-7-9-28-22(27-14-16(2)33-17(3)15-27)19(18(4)20(13-26)23(28)30)12-21-24(31)29(25(34)35-21)10-8-11-32-5/h12,16-17H,6-11,14-15H2,1-5H3/b21-12+. The molecule has 0 N–H and O–H groups in total. The number of morpholine rings is 1. The molecule has 2 saturated heterocycles. The number of rotatable bonds is 9. The van der Waals surface area contributed by atoms with Gasteiger partial charge >= 0.3 is 0 Å². The highest BCUT2D eigenvalue weighted by Gasteiger charge is 2.34. The van der Waals surface area contributed by atoms with Crippen LogP contribution in [-0.2, 0) is 20.8 Å². The maximum Gasteiger partial charge on any atom is 0.270 e. The predicted molar refractivity (Wildman–Crippen MR) is 144 cm³/mol. The second-order valence-corrected chi connectivity index (χ2v) is 10.7. The summed E-state index contributed by atoms with van der Waals surface area (Å²) < 4.78 is 13.3. The average molecular weight is 519 g/mol. The summed E-state index contributed by atoms with van der Waals surface area (Å²) >= 11 is 6.74. The van der Waals surface area contributed by atoms with E-state index in [9.17, 15) is 14.9 Å². The minimum atomic E-state index is -0.287. The monoisotopic (exact) mass is 518 g/mol. The summed E-state index contributed by atoms with van der Waals surface area (Å²) in [4.78, 5) is 30.9. The summed E-state index contributed by atoms with van der Waals surface area (Å²) in [5.74, 6) is 0.585. The van der Waals surface area contributed by atoms with Crippen LogP contribution in [0, 0.1) is 18.3 Å². The molecule has 0 aromatic carbocycles. The van der Waals surface area contributed by atoms with Crippen LogP contribution < -0.4 is 10.5 Å². The van der Waals surface area contributed by atoms with Crippen molar-refractivity contribution in [1.29, 1.82) is 5.26 Å². The van der Waals surface area contributed by atoms with Crippen molar-refractivity contribution in [1.82, 2.24) is 9.47 Å². The number of carbonyl (C=O) groups excluding carboxylic acids is 1. The molecule has 0 aliphatic carbocycles. The Morgan fingerprint density at radius 2 is 1.91 bits per heavy atom. The number of pyridine rings is 1. The third-order valence-corrected chi connectivity index (χ3v) is 7.56. The molecule has 1 amide bonds. The van der Waals surface area contributed by atoms with Gasteiger partial charge in [-0.3, -0.25) is 19.1 Å². The zero-order chi connectivity index (χ0) is 25.7. The fourth-order valence-electron chi connectivity index (χ4n) is 4.55. The Kier molecular flexibility index (Phi) is 9.53. The van der Waals surface area contributed by atoms with Gasteiger partial charge in [0.25, 0.3) is 11.5 Å². The van der Waals surface area contributed by atoms with E-state index < -0.39 is 0 Å². The molecule has 2 aliphatic heterocycles. The molecule has 10 heteroatoms. The van der Waals surface area contributed by atoms with Gasteiger partial charge in [-0.2, -0.15) is 5.26 Å². The highest BCUT2D eigenvalue weighted by molar-refractivity contribution is 8.26. The van der Waals surface area contributed by atoms with E-state index in [2.05, 4.69) is 17.9 Å². The van der Waals surface area contributed by atoms with Gasteiger partial charge in [0.15, 0.2) is 0 Å². The number of nitrogens with zero attached hydrogens (tertiary/aromatic N) is 4. The predicted octanol–water partition coefficient (Wildman–Crippen LogP) is 3.68. The van der Waals surface area contributed by atoms with E-state index in [1.807, 2.05) is 19.9 Å². The lowest BCUT2D eigenvalue weighted by Crippen LogP contribution is -2.48. The summed E-state index contributed by atoms with van der Waals surface area (Å²) in [5, 5.41) is 9.85. The van der Waals surface area contributed by atoms with Gasteiger partial charge in [0.2, 0.25) is 0 Å². The summed E-state index contributed by atoms with van der Waals surface area (Å²) in [6.45, 7) is 10.6. The lowest BCUT2D eigenvalue weighted by atomic mass is 10.0. The van der Waals surface area contributed by atoms with E-state index in [0.29, 0.717) is 54.0 Å². The summed E-state index contributed by atoms with van der Waals surface area (Å²) in [6.07, 6.45) is 4.18. The molecule has 3 heterocycles. The third-order valence-electron chi connectivity index (χ3n) is 6.18. The molecule has 3 rings (SSSR count). The van der Waals surface area contributed by atoms with Gasteiger partial charge in [-0.25, -0.2) is 0 Å². The number of thiocarbonyl (C=S) groups is 1. The van der Waals surface area contributed by atoms with E-state index in [1.54, 1.807) is 23.5 Å². The molecule has 0 bridgehead atoms. The summed E-state index contributed by atoms with van der Waals surface area (Å²) in [7, 11) is 1.63. The van der Waals surface area contributed by atoms with Crippen LogP contribution in [0.5, 0.6) is 0 Å². The first-order valence-corrected chi connectivity index (χ1v) is 13.3. The van der Waals surface area contributed by atoms with Gasteiger partial charge in [0.05, 0.1) is 17.1 Å². The highest BCUT2D eigenvalue weighted by atomic mass is 32.2. The number of carbonyl (C=O) groups is 1. The number of amides is 1. The van der Waals surface area contributed by atoms with Crippen molar-refractivity contribution in [2.45, 2.75) is 65.7 Å². The maximum absolute atomic E-state index is 13.4. The van der Waals surface area contributed by atoms with Gasteiger partial charge in [-0.05, 0) is 45.3 Å². The van der Waals surface area contributed by atoms with Gasteiger partial charge in [-0.15, -0.1) is 0 Å². The lowest BCUT2D eigenvalue weighted by Gasteiger charge is -2.39. The zero-order valence-electron chi connectivity index (χ0n) is 21.1. The quantitative estimate of drug-likeness (QED) is 0.278. The molecule has 35 heavy (non-hydrogen) atoms. The van der Waals surface area contributed by atoms with Crippen LogP contribution in [0.4, 0.5) is 5.82 Å². The van der Waals surface area contributed by atoms with Crippen LogP contribution >= 0.6 is 24.0 Å². The molecule has 8 nitrogen and oxygen atoms in total. The van der Waals surface area contributed by atoms with Crippen molar-refractivity contribution in [3.05, 3.63) is 31.9 Å². The minimum absolute atomic E-state index is 0.0173. The van der Waals surface area contributed by atoms with E-state index >= 15 is 0 Å². The molecular formula is C25H34N4O4S2. The molecule has 0 spiro atoms. The number of nitriles is 1. The summed E-state index contributed by atoms with van der Waals surface area (Å²) in [6, 6.07) is 2.11. The number of hydrogen-bond donors (Lipinski definition) is 0. The number of anilines is 1. The first-order valence-electron chi connectivity index (χ1n) is 12.1. The van der Waals surface area contributed by atoms with Crippen LogP contribution in [0.15, 0.2) is 9.70 Å². The van der Waals surface area contributed by atoms with Crippen molar-refractivity contribution in [2.75, 3.05) is 38.3 Å². The SMILES string of the molecule is CCCCn1c(N2CC(C)OC(C)C2)c(/C=C2/SC(=S)N(CCCOC)C2=O)c(C)c(C#N)c1=O. The number of hydrogen-bond acceptors (Lipinski definition) is 8. The first-order chi connectivity index (χ1) is 16.7. The average Bonchev–Trinajstić information content (AvgIpc) is 3.07. The van der Waals surface area contributed by atoms with Crippen LogP contribution in [-0.4, -0.2) is 65.3 Å². The molecule has 2 unspecified atom stereocenters. The third kappa shape index (κ3) is 5.97.